The molecule has 9 heavy (non-hydrogen) atoms. The largest absolute Gasteiger partial charge is 0.239 e. The third-order valence-electron chi connectivity index (χ3n) is 1.55. The van der Waals surface area contributed by atoms with Gasteiger partial charge in [-0.25, -0.2) is 4.79 Å². The van der Waals surface area contributed by atoms with Crippen LogP contribution in [-0.4, -0.2) is 6.08 Å². The average Bonchev–Trinajstić information content (AvgIpc) is 2.34. The summed E-state index contributed by atoms with van der Waals surface area (Å²) in [5.41, 5.74) is 1.29. The average molecular weight is 123 g/mol. The van der Waals surface area contributed by atoms with E-state index < -0.39 is 0 Å². The van der Waals surface area contributed by atoms with Gasteiger partial charge in [-0.15, -0.1) is 0 Å². The molecular formula is C7H9NO. The molecule has 0 heterocycles. The van der Waals surface area contributed by atoms with Gasteiger partial charge in [-0.2, -0.15) is 4.99 Å². The minimum absolute atomic E-state index is 1.12. The van der Waals surface area contributed by atoms with Gasteiger partial charge in [0.15, 0.2) is 0 Å². The molecule has 0 saturated heterocycles. The van der Waals surface area contributed by atoms with E-state index in [2.05, 4.69) is 4.99 Å². The molecule has 0 aromatic carbocycles. The third kappa shape index (κ3) is 1.82. The van der Waals surface area contributed by atoms with Gasteiger partial charge in [0.05, 0.1) is 0 Å². The van der Waals surface area contributed by atoms with Gasteiger partial charge in [-0.1, -0.05) is 5.57 Å². The predicted octanol–water partition coefficient (Wildman–Crippen LogP) is 1.78. The number of isocyanates is 1. The Morgan fingerprint density at radius 1 is 1.44 bits per heavy atom. The monoisotopic (exact) mass is 123 g/mol. The minimum atomic E-state index is 1.12. The summed E-state index contributed by atoms with van der Waals surface area (Å²) in [6.45, 7) is 0. The van der Waals surface area contributed by atoms with E-state index in [-0.39, 0.29) is 0 Å². The second kappa shape index (κ2) is 3.21. The topological polar surface area (TPSA) is 29.4 Å². The number of rotatable bonds is 1. The smallest absolute Gasteiger partial charge is 0.211 e. The Morgan fingerprint density at radius 2 is 2.11 bits per heavy atom. The zero-order valence-electron chi connectivity index (χ0n) is 5.26. The first-order chi connectivity index (χ1) is 4.43. The molecule has 1 aliphatic carbocycles. The quantitative estimate of drug-likeness (QED) is 0.386. The Hall–Kier alpha value is -0.880. The van der Waals surface area contributed by atoms with E-state index in [4.69, 9.17) is 0 Å². The molecule has 48 valence electrons. The first-order valence-electron chi connectivity index (χ1n) is 3.18. The van der Waals surface area contributed by atoms with Crippen molar-refractivity contribution in [1.82, 2.24) is 0 Å². The molecule has 0 N–H and O–H groups in total. The Bertz CT molecular complexity index is 158. The van der Waals surface area contributed by atoms with Crippen molar-refractivity contribution < 1.29 is 4.79 Å². The van der Waals surface area contributed by atoms with Crippen LogP contribution in [-0.2, 0) is 4.79 Å². The fraction of sp³-hybridized carbons (Fsp3) is 0.571. The van der Waals surface area contributed by atoms with Crippen LogP contribution in [0.4, 0.5) is 0 Å². The molecule has 1 fully saturated rings. The molecule has 0 radical (unpaired) electrons. The lowest BCUT2D eigenvalue weighted by molar-refractivity contribution is 0.565. The Labute approximate surface area is 54.3 Å². The van der Waals surface area contributed by atoms with Crippen molar-refractivity contribution >= 4 is 6.08 Å². The van der Waals surface area contributed by atoms with Gasteiger partial charge in [0.25, 0.3) is 0 Å². The van der Waals surface area contributed by atoms with E-state index in [1.807, 2.05) is 0 Å². The molecule has 0 bridgehead atoms. The molecule has 0 aromatic heterocycles. The Morgan fingerprint density at radius 3 is 2.67 bits per heavy atom. The van der Waals surface area contributed by atoms with Crippen LogP contribution in [0.3, 0.4) is 0 Å². The van der Waals surface area contributed by atoms with Crippen molar-refractivity contribution in [1.29, 1.82) is 0 Å². The lowest BCUT2D eigenvalue weighted by Gasteiger charge is -1.85. The first-order valence-corrected chi connectivity index (χ1v) is 3.18. The standard InChI is InChI=1S/C7H9NO/c9-6-8-5-7-3-1-2-4-7/h5H,1-4H2. The fourth-order valence-electron chi connectivity index (χ4n) is 1.08. The lowest BCUT2D eigenvalue weighted by atomic mass is 10.2. The maximum absolute atomic E-state index is 9.63. The highest BCUT2D eigenvalue weighted by atomic mass is 16.1. The summed E-state index contributed by atoms with van der Waals surface area (Å²) in [6.07, 6.45) is 7.87. The number of hydrogen-bond acceptors (Lipinski definition) is 2. The normalized spacial score (nSPS) is 17.1. The van der Waals surface area contributed by atoms with Crippen molar-refractivity contribution in [3.63, 3.8) is 0 Å². The molecule has 2 nitrogen and oxygen atoms in total. The van der Waals surface area contributed by atoms with E-state index in [9.17, 15) is 4.79 Å². The second-order valence-corrected chi connectivity index (χ2v) is 2.21. The molecule has 2 heteroatoms. The number of carbonyl (C=O) groups excluding carboxylic acids is 1. The van der Waals surface area contributed by atoms with Crippen LogP contribution in [0.2, 0.25) is 0 Å². The molecule has 0 aromatic rings. The van der Waals surface area contributed by atoms with Crippen LogP contribution in [0.25, 0.3) is 0 Å². The van der Waals surface area contributed by atoms with Gasteiger partial charge in [0.1, 0.15) is 0 Å². The molecule has 0 amide bonds. The van der Waals surface area contributed by atoms with Crippen LogP contribution in [0, 0.1) is 0 Å². The van der Waals surface area contributed by atoms with Crippen LogP contribution in [0.1, 0.15) is 25.7 Å². The Balaban J connectivity index is 2.49. The lowest BCUT2D eigenvalue weighted by Crippen LogP contribution is -1.67. The van der Waals surface area contributed by atoms with Crippen molar-refractivity contribution in [3.05, 3.63) is 11.8 Å². The highest BCUT2D eigenvalue weighted by molar-refractivity contribution is 5.35. The van der Waals surface area contributed by atoms with E-state index in [1.165, 1.54) is 24.5 Å². The zero-order chi connectivity index (χ0) is 6.53. The summed E-state index contributed by atoms with van der Waals surface area (Å²) in [6, 6.07) is 0. The van der Waals surface area contributed by atoms with Crippen LogP contribution in [0.5, 0.6) is 0 Å². The van der Waals surface area contributed by atoms with Gasteiger partial charge < -0.3 is 0 Å². The predicted molar refractivity (Wildman–Crippen MR) is 34.7 cm³/mol. The second-order valence-electron chi connectivity index (χ2n) is 2.21. The summed E-state index contributed by atoms with van der Waals surface area (Å²) in [4.78, 5) is 13.0. The summed E-state index contributed by atoms with van der Waals surface area (Å²) in [5.74, 6) is 0. The maximum Gasteiger partial charge on any atom is 0.239 e. The Kier molecular flexibility index (Phi) is 2.22. The van der Waals surface area contributed by atoms with Gasteiger partial charge in [-0.05, 0) is 25.7 Å². The van der Waals surface area contributed by atoms with Crippen LogP contribution in [0.15, 0.2) is 16.8 Å². The fourth-order valence-corrected chi connectivity index (χ4v) is 1.08. The SMILES string of the molecule is O=C=NC=C1CCCC1. The van der Waals surface area contributed by atoms with Crippen LogP contribution >= 0.6 is 0 Å². The van der Waals surface area contributed by atoms with E-state index in [0.717, 1.165) is 12.8 Å². The van der Waals surface area contributed by atoms with Crippen molar-refractivity contribution in [3.8, 4) is 0 Å². The molecule has 1 aliphatic rings. The maximum atomic E-state index is 9.63. The molecule has 0 unspecified atom stereocenters. The number of allylic oxidation sites excluding steroid dienone is 1. The van der Waals surface area contributed by atoms with E-state index >= 15 is 0 Å². The third-order valence-corrected chi connectivity index (χ3v) is 1.55. The highest BCUT2D eigenvalue weighted by Gasteiger charge is 2.04. The number of hydrogen-bond donors (Lipinski definition) is 0. The highest BCUT2D eigenvalue weighted by Crippen LogP contribution is 2.23. The summed E-state index contributed by atoms with van der Waals surface area (Å²) < 4.78 is 0. The molecular weight excluding hydrogens is 114 g/mol. The van der Waals surface area contributed by atoms with Crippen molar-refractivity contribution in [2.75, 3.05) is 0 Å². The van der Waals surface area contributed by atoms with E-state index in [1.54, 1.807) is 6.20 Å². The molecule has 1 rings (SSSR count). The minimum Gasteiger partial charge on any atom is -0.211 e. The summed E-state index contributed by atoms with van der Waals surface area (Å²) in [5, 5.41) is 0. The van der Waals surface area contributed by atoms with Crippen molar-refractivity contribution in [2.24, 2.45) is 4.99 Å². The molecule has 0 aliphatic heterocycles. The van der Waals surface area contributed by atoms with Gasteiger partial charge in [0, 0.05) is 6.20 Å². The van der Waals surface area contributed by atoms with Gasteiger partial charge in [0.2, 0.25) is 6.08 Å². The first kappa shape index (κ1) is 6.24. The molecule has 0 spiro atoms. The molecule has 1 saturated carbocycles. The number of nitrogens with zero attached hydrogens (tertiary/aromatic N) is 1. The number of aliphatic imine (C=N–C) groups is 1. The summed E-state index contributed by atoms with van der Waals surface area (Å²) in [7, 11) is 0. The van der Waals surface area contributed by atoms with Crippen LogP contribution < -0.4 is 0 Å². The summed E-state index contributed by atoms with van der Waals surface area (Å²) >= 11 is 0. The van der Waals surface area contributed by atoms with Crippen molar-refractivity contribution in [2.45, 2.75) is 25.7 Å². The van der Waals surface area contributed by atoms with E-state index in [0.29, 0.717) is 0 Å². The zero-order valence-corrected chi connectivity index (χ0v) is 5.26. The molecule has 0 atom stereocenters. The van der Waals surface area contributed by atoms with Gasteiger partial charge >= 0.3 is 0 Å². The van der Waals surface area contributed by atoms with Gasteiger partial charge in [-0.3, -0.25) is 0 Å².